The number of fused-ring (bicyclic) bond motifs is 1. The highest BCUT2D eigenvalue weighted by Crippen LogP contribution is 2.35. The molecular formula is C17H34N2. The van der Waals surface area contributed by atoms with Crippen LogP contribution in [0, 0.1) is 11.8 Å². The van der Waals surface area contributed by atoms with Crippen LogP contribution in [0.4, 0.5) is 0 Å². The van der Waals surface area contributed by atoms with Gasteiger partial charge < -0.3 is 10.6 Å². The third kappa shape index (κ3) is 4.46. The summed E-state index contributed by atoms with van der Waals surface area (Å²) in [6.07, 6.45) is 14.2. The normalized spacial score (nSPS) is 30.0. The fourth-order valence-electron chi connectivity index (χ4n) is 4.38. The monoisotopic (exact) mass is 266 g/mol. The molecule has 112 valence electrons. The highest BCUT2D eigenvalue weighted by Gasteiger charge is 2.32. The van der Waals surface area contributed by atoms with Crippen molar-refractivity contribution in [2.24, 2.45) is 17.6 Å². The van der Waals surface area contributed by atoms with Gasteiger partial charge in [-0.25, -0.2) is 0 Å². The minimum Gasteiger partial charge on any atom is -0.330 e. The predicted molar refractivity (Wildman–Crippen MR) is 83.2 cm³/mol. The van der Waals surface area contributed by atoms with E-state index in [1.807, 2.05) is 0 Å². The van der Waals surface area contributed by atoms with E-state index in [-0.39, 0.29) is 0 Å². The van der Waals surface area contributed by atoms with Crippen molar-refractivity contribution in [1.82, 2.24) is 4.90 Å². The van der Waals surface area contributed by atoms with Gasteiger partial charge in [0.15, 0.2) is 0 Å². The maximum Gasteiger partial charge on any atom is 0.0123 e. The van der Waals surface area contributed by atoms with Gasteiger partial charge in [0.05, 0.1) is 0 Å². The van der Waals surface area contributed by atoms with E-state index in [1.165, 1.54) is 77.3 Å². The molecule has 0 aromatic rings. The summed E-state index contributed by atoms with van der Waals surface area (Å²) >= 11 is 0. The smallest absolute Gasteiger partial charge is 0.0123 e. The molecule has 0 spiro atoms. The minimum absolute atomic E-state index is 0.868. The Morgan fingerprint density at radius 2 is 1.89 bits per heavy atom. The highest BCUT2D eigenvalue weighted by molar-refractivity contribution is 4.87. The van der Waals surface area contributed by atoms with E-state index < -0.39 is 0 Å². The number of nitrogens with zero attached hydrogens (tertiary/aromatic N) is 1. The third-order valence-electron chi connectivity index (χ3n) is 5.57. The first kappa shape index (κ1) is 15.3. The zero-order chi connectivity index (χ0) is 13.5. The molecule has 1 aliphatic carbocycles. The number of hydrogen-bond acceptors (Lipinski definition) is 2. The Hall–Kier alpha value is -0.0800. The molecule has 2 fully saturated rings. The summed E-state index contributed by atoms with van der Waals surface area (Å²) in [6, 6.07) is 0.942. The van der Waals surface area contributed by atoms with Gasteiger partial charge in [-0.15, -0.1) is 0 Å². The largest absolute Gasteiger partial charge is 0.330 e. The maximum absolute atomic E-state index is 5.70. The second-order valence-corrected chi connectivity index (χ2v) is 6.78. The van der Waals surface area contributed by atoms with E-state index in [9.17, 15) is 0 Å². The summed E-state index contributed by atoms with van der Waals surface area (Å²) in [7, 11) is 0. The summed E-state index contributed by atoms with van der Waals surface area (Å²) in [4.78, 5) is 2.84. The quantitative estimate of drug-likeness (QED) is 0.759. The Labute approximate surface area is 120 Å². The summed E-state index contributed by atoms with van der Waals surface area (Å²) in [5, 5.41) is 0. The second kappa shape index (κ2) is 8.26. The Kier molecular flexibility index (Phi) is 6.66. The van der Waals surface area contributed by atoms with Crippen LogP contribution in [0.2, 0.25) is 0 Å². The van der Waals surface area contributed by atoms with Crippen LogP contribution in [0.3, 0.4) is 0 Å². The topological polar surface area (TPSA) is 29.3 Å². The summed E-state index contributed by atoms with van der Waals surface area (Å²) in [5.41, 5.74) is 5.70. The van der Waals surface area contributed by atoms with Crippen LogP contribution >= 0.6 is 0 Å². The van der Waals surface area contributed by atoms with E-state index in [2.05, 4.69) is 11.8 Å². The van der Waals surface area contributed by atoms with Crippen molar-refractivity contribution in [3.05, 3.63) is 0 Å². The molecule has 0 aromatic carbocycles. The lowest BCUT2D eigenvalue weighted by Crippen LogP contribution is -2.47. The van der Waals surface area contributed by atoms with Crippen molar-refractivity contribution in [2.45, 2.75) is 77.2 Å². The van der Waals surface area contributed by atoms with Crippen LogP contribution in [-0.4, -0.2) is 30.6 Å². The zero-order valence-electron chi connectivity index (χ0n) is 12.9. The van der Waals surface area contributed by atoms with Crippen molar-refractivity contribution in [3.8, 4) is 0 Å². The summed E-state index contributed by atoms with van der Waals surface area (Å²) in [6.45, 7) is 5.91. The minimum atomic E-state index is 0.868. The Morgan fingerprint density at radius 1 is 1.11 bits per heavy atom. The Balaban J connectivity index is 1.72. The molecule has 2 heteroatoms. The molecule has 2 rings (SSSR count). The van der Waals surface area contributed by atoms with E-state index in [4.69, 9.17) is 5.73 Å². The molecule has 3 atom stereocenters. The van der Waals surface area contributed by atoms with Gasteiger partial charge in [0.25, 0.3) is 0 Å². The van der Waals surface area contributed by atoms with Crippen molar-refractivity contribution in [2.75, 3.05) is 19.6 Å². The average Bonchev–Trinajstić information content (AvgIpc) is 2.46. The molecule has 1 saturated carbocycles. The maximum atomic E-state index is 5.70. The molecular weight excluding hydrogens is 232 g/mol. The first-order valence-corrected chi connectivity index (χ1v) is 8.79. The van der Waals surface area contributed by atoms with E-state index in [0.29, 0.717) is 0 Å². The number of nitrogens with two attached hydrogens (primary N) is 1. The molecule has 1 saturated heterocycles. The van der Waals surface area contributed by atoms with Gasteiger partial charge in [-0.1, -0.05) is 26.2 Å². The van der Waals surface area contributed by atoms with E-state index >= 15 is 0 Å². The lowest BCUT2D eigenvalue weighted by molar-refractivity contribution is 0.0585. The van der Waals surface area contributed by atoms with Gasteiger partial charge in [0.1, 0.15) is 0 Å². The van der Waals surface area contributed by atoms with Crippen LogP contribution in [-0.2, 0) is 0 Å². The molecule has 19 heavy (non-hydrogen) atoms. The molecule has 0 radical (unpaired) electrons. The highest BCUT2D eigenvalue weighted by atomic mass is 15.2. The van der Waals surface area contributed by atoms with Crippen LogP contribution < -0.4 is 5.73 Å². The molecule has 3 unspecified atom stereocenters. The van der Waals surface area contributed by atoms with Crippen molar-refractivity contribution < 1.29 is 0 Å². The van der Waals surface area contributed by atoms with Gasteiger partial charge >= 0.3 is 0 Å². The fraction of sp³-hybridized carbons (Fsp3) is 1.00. The number of likely N-dealkylation sites (tertiary alicyclic amines) is 1. The number of rotatable bonds is 7. The van der Waals surface area contributed by atoms with Gasteiger partial charge in [-0.3, -0.25) is 0 Å². The average molecular weight is 266 g/mol. The number of hydrogen-bond donors (Lipinski definition) is 1. The lowest BCUT2D eigenvalue weighted by Gasteiger charge is -2.44. The molecule has 2 nitrogen and oxygen atoms in total. The Morgan fingerprint density at radius 3 is 2.68 bits per heavy atom. The molecule has 2 aliphatic rings. The number of piperidine rings is 1. The van der Waals surface area contributed by atoms with Crippen LogP contribution in [0.25, 0.3) is 0 Å². The molecule has 0 bridgehead atoms. The molecule has 0 aromatic heterocycles. The van der Waals surface area contributed by atoms with Crippen molar-refractivity contribution in [3.63, 3.8) is 0 Å². The molecule has 1 heterocycles. The first-order valence-electron chi connectivity index (χ1n) is 8.79. The van der Waals surface area contributed by atoms with Crippen molar-refractivity contribution in [1.29, 1.82) is 0 Å². The van der Waals surface area contributed by atoms with Crippen LogP contribution in [0.1, 0.15) is 71.1 Å². The van der Waals surface area contributed by atoms with Gasteiger partial charge in [0, 0.05) is 6.04 Å². The van der Waals surface area contributed by atoms with Crippen molar-refractivity contribution >= 4 is 0 Å². The van der Waals surface area contributed by atoms with Gasteiger partial charge in [-0.2, -0.15) is 0 Å². The van der Waals surface area contributed by atoms with Crippen LogP contribution in [0.15, 0.2) is 0 Å². The van der Waals surface area contributed by atoms with Gasteiger partial charge in [0.2, 0.25) is 0 Å². The standard InChI is InChI=1S/C17H34N2/c1-2-15(11-12-18)7-5-13-19-14-6-9-16-8-3-4-10-17(16)19/h15-17H,2-14,18H2,1H3. The zero-order valence-corrected chi connectivity index (χ0v) is 12.9. The van der Waals surface area contributed by atoms with E-state index in [1.54, 1.807) is 0 Å². The summed E-state index contributed by atoms with van der Waals surface area (Å²) < 4.78 is 0. The van der Waals surface area contributed by atoms with Gasteiger partial charge in [-0.05, 0) is 76.4 Å². The molecule has 0 amide bonds. The molecule has 1 aliphatic heterocycles. The lowest BCUT2D eigenvalue weighted by atomic mass is 9.78. The van der Waals surface area contributed by atoms with E-state index in [0.717, 1.165) is 24.4 Å². The fourth-order valence-corrected chi connectivity index (χ4v) is 4.38. The predicted octanol–water partition coefficient (Wildman–Crippen LogP) is 3.80. The first-order chi connectivity index (χ1) is 9.35. The van der Waals surface area contributed by atoms with Crippen LogP contribution in [0.5, 0.6) is 0 Å². The molecule has 2 N–H and O–H groups in total. The third-order valence-corrected chi connectivity index (χ3v) is 5.57. The summed E-state index contributed by atoms with van der Waals surface area (Å²) in [5.74, 6) is 1.91. The second-order valence-electron chi connectivity index (χ2n) is 6.78. The Bertz CT molecular complexity index is 239. The SMILES string of the molecule is CCC(CCN)CCCN1CCCC2CCCCC21.